The van der Waals surface area contributed by atoms with Crippen LogP contribution in [0.15, 0.2) is 22.9 Å². The third kappa shape index (κ3) is 4.53. The van der Waals surface area contributed by atoms with E-state index in [9.17, 15) is 0 Å². The summed E-state index contributed by atoms with van der Waals surface area (Å²) >= 11 is 3.46. The quantitative estimate of drug-likeness (QED) is 0.542. The minimum atomic E-state index is 0.808. The molecule has 0 aliphatic rings. The van der Waals surface area contributed by atoms with E-state index in [4.69, 9.17) is 9.47 Å². The zero-order chi connectivity index (χ0) is 14.2. The number of ether oxygens (including phenoxy) is 2. The van der Waals surface area contributed by atoms with Crippen LogP contribution in [0.5, 0.6) is 11.5 Å². The molecule has 0 fully saturated rings. The highest BCUT2D eigenvalue weighted by molar-refractivity contribution is 7.20. The van der Waals surface area contributed by atoms with E-state index in [0.717, 1.165) is 37.6 Å². The first kappa shape index (κ1) is 15.4. The molecule has 0 spiro atoms. The summed E-state index contributed by atoms with van der Waals surface area (Å²) in [6.07, 6.45) is 4.56. The van der Waals surface area contributed by atoms with Crippen molar-refractivity contribution in [3.8, 4) is 21.3 Å². The average Bonchev–Trinajstić information content (AvgIpc) is 3.08. The molecule has 0 bridgehead atoms. The Bertz CT molecular complexity index is 456. The molecule has 4 heteroatoms. The number of thiophene rings is 2. The van der Waals surface area contributed by atoms with Crippen molar-refractivity contribution in [3.05, 3.63) is 22.9 Å². The van der Waals surface area contributed by atoms with Crippen molar-refractivity contribution >= 4 is 22.7 Å². The van der Waals surface area contributed by atoms with Crippen LogP contribution in [0, 0.1) is 0 Å². The molecular weight excluding hydrogens is 288 g/mol. The van der Waals surface area contributed by atoms with Crippen LogP contribution in [0.4, 0.5) is 0 Å². The van der Waals surface area contributed by atoms with Gasteiger partial charge in [0, 0.05) is 20.5 Å². The van der Waals surface area contributed by atoms with Gasteiger partial charge in [-0.1, -0.05) is 26.7 Å². The van der Waals surface area contributed by atoms with Gasteiger partial charge in [0.05, 0.1) is 13.2 Å². The van der Waals surface area contributed by atoms with Crippen LogP contribution < -0.4 is 9.47 Å². The maximum Gasteiger partial charge on any atom is 0.130 e. The van der Waals surface area contributed by atoms with E-state index in [0.29, 0.717) is 0 Å². The fourth-order valence-corrected chi connectivity index (χ4v) is 3.48. The molecule has 2 aromatic heterocycles. The molecule has 0 N–H and O–H groups in total. The Morgan fingerprint density at radius 2 is 1.25 bits per heavy atom. The first-order valence-corrected chi connectivity index (χ1v) is 9.02. The van der Waals surface area contributed by atoms with Crippen molar-refractivity contribution in [1.82, 2.24) is 0 Å². The zero-order valence-corrected chi connectivity index (χ0v) is 13.8. The summed E-state index contributed by atoms with van der Waals surface area (Å²) in [6, 6.07) is 4.25. The lowest BCUT2D eigenvalue weighted by molar-refractivity contribution is 0.310. The maximum atomic E-state index is 5.72. The summed E-state index contributed by atoms with van der Waals surface area (Å²) in [5.74, 6) is 1.97. The van der Waals surface area contributed by atoms with E-state index in [1.54, 1.807) is 22.7 Å². The molecule has 0 atom stereocenters. The Morgan fingerprint density at radius 1 is 0.800 bits per heavy atom. The first-order valence-electron chi connectivity index (χ1n) is 7.26. The number of unbranched alkanes of at least 4 members (excludes halogenated alkanes) is 2. The summed E-state index contributed by atoms with van der Waals surface area (Å²) in [7, 11) is 0. The van der Waals surface area contributed by atoms with Crippen LogP contribution in [0.2, 0.25) is 0 Å². The van der Waals surface area contributed by atoms with Gasteiger partial charge in [-0.3, -0.25) is 0 Å². The largest absolute Gasteiger partial charge is 0.493 e. The Balaban J connectivity index is 1.90. The van der Waals surface area contributed by atoms with E-state index in [-0.39, 0.29) is 0 Å². The summed E-state index contributed by atoms with van der Waals surface area (Å²) < 4.78 is 11.4. The Labute approximate surface area is 129 Å². The van der Waals surface area contributed by atoms with E-state index < -0.39 is 0 Å². The van der Waals surface area contributed by atoms with Crippen LogP contribution in [-0.2, 0) is 0 Å². The van der Waals surface area contributed by atoms with Crippen LogP contribution in [0.1, 0.15) is 39.5 Å². The molecule has 20 heavy (non-hydrogen) atoms. The molecule has 2 heterocycles. The van der Waals surface area contributed by atoms with E-state index in [2.05, 4.69) is 36.7 Å². The number of rotatable bonds is 9. The van der Waals surface area contributed by atoms with Gasteiger partial charge in [-0.05, 0) is 25.0 Å². The van der Waals surface area contributed by atoms with Crippen molar-refractivity contribution in [2.75, 3.05) is 13.2 Å². The minimum absolute atomic E-state index is 0.808. The second-order valence-electron chi connectivity index (χ2n) is 4.70. The molecule has 0 aliphatic carbocycles. The predicted octanol–water partition coefficient (Wildman–Crippen LogP) is 5.83. The highest BCUT2D eigenvalue weighted by atomic mass is 32.1. The van der Waals surface area contributed by atoms with Crippen LogP contribution in [0.3, 0.4) is 0 Å². The highest BCUT2D eigenvalue weighted by Gasteiger charge is 2.07. The van der Waals surface area contributed by atoms with Crippen LogP contribution >= 0.6 is 22.7 Å². The summed E-state index contributed by atoms with van der Waals surface area (Å²) in [4.78, 5) is 2.51. The summed E-state index contributed by atoms with van der Waals surface area (Å²) in [5.41, 5.74) is 0. The molecule has 0 aliphatic heterocycles. The van der Waals surface area contributed by atoms with Crippen molar-refractivity contribution in [2.45, 2.75) is 39.5 Å². The van der Waals surface area contributed by atoms with Crippen LogP contribution in [0.25, 0.3) is 9.75 Å². The van der Waals surface area contributed by atoms with Gasteiger partial charge in [0.1, 0.15) is 11.5 Å². The van der Waals surface area contributed by atoms with Crippen molar-refractivity contribution in [2.24, 2.45) is 0 Å². The summed E-state index contributed by atoms with van der Waals surface area (Å²) in [5, 5.41) is 4.17. The molecule has 110 valence electrons. The molecule has 0 saturated heterocycles. The van der Waals surface area contributed by atoms with Gasteiger partial charge in [-0.25, -0.2) is 0 Å². The molecule has 0 amide bonds. The van der Waals surface area contributed by atoms with Gasteiger partial charge in [-0.2, -0.15) is 0 Å². The van der Waals surface area contributed by atoms with Gasteiger partial charge in [0.15, 0.2) is 0 Å². The first-order chi connectivity index (χ1) is 9.83. The monoisotopic (exact) mass is 310 g/mol. The van der Waals surface area contributed by atoms with E-state index >= 15 is 0 Å². The third-order valence-electron chi connectivity index (χ3n) is 2.93. The molecular formula is C16H22O2S2. The molecule has 0 saturated carbocycles. The smallest absolute Gasteiger partial charge is 0.130 e. The number of hydrogen-bond acceptors (Lipinski definition) is 4. The molecule has 0 radical (unpaired) electrons. The van der Waals surface area contributed by atoms with Crippen molar-refractivity contribution in [1.29, 1.82) is 0 Å². The van der Waals surface area contributed by atoms with Gasteiger partial charge < -0.3 is 9.47 Å². The second-order valence-corrected chi connectivity index (χ2v) is 6.52. The summed E-state index contributed by atoms with van der Waals surface area (Å²) in [6.45, 7) is 5.97. The number of hydrogen-bond donors (Lipinski definition) is 0. The fourth-order valence-electron chi connectivity index (χ4n) is 1.72. The minimum Gasteiger partial charge on any atom is -0.493 e. The van der Waals surface area contributed by atoms with Crippen molar-refractivity contribution in [3.63, 3.8) is 0 Å². The Morgan fingerprint density at radius 3 is 1.65 bits per heavy atom. The molecule has 0 aromatic carbocycles. The Kier molecular flexibility index (Phi) is 6.40. The topological polar surface area (TPSA) is 18.5 Å². The van der Waals surface area contributed by atoms with Gasteiger partial charge in [-0.15, -0.1) is 22.7 Å². The third-order valence-corrected chi connectivity index (χ3v) is 4.94. The lowest BCUT2D eigenvalue weighted by Crippen LogP contribution is -1.94. The molecule has 2 rings (SSSR count). The predicted molar refractivity (Wildman–Crippen MR) is 88.4 cm³/mol. The van der Waals surface area contributed by atoms with Gasteiger partial charge in [0.25, 0.3) is 0 Å². The maximum absolute atomic E-state index is 5.72. The average molecular weight is 310 g/mol. The Hall–Kier alpha value is -1.000. The highest BCUT2D eigenvalue weighted by Crippen LogP contribution is 2.37. The van der Waals surface area contributed by atoms with E-state index in [1.165, 1.54) is 22.6 Å². The fraction of sp³-hybridized carbons (Fsp3) is 0.500. The van der Waals surface area contributed by atoms with E-state index in [1.807, 2.05) is 0 Å². The van der Waals surface area contributed by atoms with Crippen LogP contribution in [-0.4, -0.2) is 13.2 Å². The lowest BCUT2D eigenvalue weighted by atomic mass is 10.3. The van der Waals surface area contributed by atoms with Gasteiger partial charge in [0.2, 0.25) is 0 Å². The lowest BCUT2D eigenvalue weighted by Gasteiger charge is -2.01. The van der Waals surface area contributed by atoms with Gasteiger partial charge >= 0.3 is 0 Å². The normalized spacial score (nSPS) is 10.7. The molecule has 2 aromatic rings. The SMILES string of the molecule is CCCCOc1csc(-c2cc(OCCCC)cs2)c1. The van der Waals surface area contributed by atoms with Crippen molar-refractivity contribution < 1.29 is 9.47 Å². The standard InChI is InChI=1S/C16H22O2S2/c1-3-5-7-17-13-9-15(19-11-13)16-10-14(12-20-16)18-8-6-4-2/h9-12H,3-8H2,1-2H3. The zero-order valence-electron chi connectivity index (χ0n) is 12.2. The molecule has 0 unspecified atom stereocenters. The molecule has 2 nitrogen and oxygen atoms in total. The second kappa shape index (κ2) is 8.32.